The van der Waals surface area contributed by atoms with E-state index in [9.17, 15) is 9.59 Å². The van der Waals surface area contributed by atoms with E-state index in [1.165, 1.54) is 6.92 Å². The summed E-state index contributed by atoms with van der Waals surface area (Å²) in [5.74, 6) is -1.21. The Hall–Kier alpha value is -1.52. The molecule has 0 atom stereocenters. The highest BCUT2D eigenvalue weighted by atomic mass is 16.7. The number of carboxylic acid groups (broad SMARTS) is 2. The summed E-state index contributed by atoms with van der Waals surface area (Å²) in [6.07, 6.45) is -0.870. The molecule has 0 rings (SSSR count). The van der Waals surface area contributed by atoms with Crippen molar-refractivity contribution in [2.24, 2.45) is 0 Å². The number of carbonyl (C=O) groups is 2. The summed E-state index contributed by atoms with van der Waals surface area (Å²) >= 11 is 0. The Morgan fingerprint density at radius 2 is 1.90 bits per heavy atom. The second kappa shape index (κ2) is 3.49. The van der Waals surface area contributed by atoms with Crippen molar-refractivity contribution >= 4 is 12.1 Å². The van der Waals surface area contributed by atoms with Gasteiger partial charge in [0, 0.05) is 0 Å². The maximum absolute atomic E-state index is 9.97. The number of ether oxygens (including phenoxy) is 1. The molecule has 5 heteroatoms. The Balaban J connectivity index is 3.92. The van der Waals surface area contributed by atoms with Crippen LogP contribution in [0.1, 0.15) is 6.92 Å². The fourth-order valence-electron chi connectivity index (χ4n) is 0.189. The summed E-state index contributed by atoms with van der Waals surface area (Å²) < 4.78 is 3.84. The highest BCUT2D eigenvalue weighted by Crippen LogP contribution is 1.92. The number of carboxylic acids is 1. The predicted molar refractivity (Wildman–Crippen MR) is 30.5 cm³/mol. The molecule has 0 amide bonds. The van der Waals surface area contributed by atoms with Gasteiger partial charge < -0.3 is 14.9 Å². The van der Waals surface area contributed by atoms with Crippen LogP contribution in [0.4, 0.5) is 4.79 Å². The molecule has 0 saturated heterocycles. The van der Waals surface area contributed by atoms with E-state index < -0.39 is 12.1 Å². The van der Waals surface area contributed by atoms with Crippen LogP contribution >= 0.6 is 0 Å². The predicted octanol–water partition coefficient (Wildman–Crippen LogP) is 0.669. The van der Waals surface area contributed by atoms with E-state index >= 15 is 0 Å². The molecular formula is C5H6O5. The summed E-state index contributed by atoms with van der Waals surface area (Å²) in [6, 6.07) is 0. The number of hydrogen-bond acceptors (Lipinski definition) is 3. The van der Waals surface area contributed by atoms with Gasteiger partial charge in [-0.2, -0.15) is 0 Å². The number of aliphatic carboxylic acids is 1. The van der Waals surface area contributed by atoms with Crippen molar-refractivity contribution in [3.8, 4) is 0 Å². The van der Waals surface area contributed by atoms with Gasteiger partial charge >= 0.3 is 12.1 Å². The molecule has 0 aliphatic carbocycles. The van der Waals surface area contributed by atoms with Gasteiger partial charge in [-0.1, -0.05) is 0 Å². The van der Waals surface area contributed by atoms with E-state index in [0.717, 1.165) is 0 Å². The maximum atomic E-state index is 9.97. The lowest BCUT2D eigenvalue weighted by molar-refractivity contribution is -0.132. The molecule has 0 bridgehead atoms. The molecule has 0 aromatic heterocycles. The Bertz CT molecular complexity index is 180. The molecule has 0 aliphatic heterocycles. The first-order chi connectivity index (χ1) is 4.54. The molecule has 0 fully saturated rings. The van der Waals surface area contributed by atoms with Gasteiger partial charge in [0.15, 0.2) is 0 Å². The average Bonchev–Trinajstić information content (AvgIpc) is 1.82. The van der Waals surface area contributed by atoms with Crippen molar-refractivity contribution in [2.75, 3.05) is 0 Å². The molecule has 0 saturated carbocycles. The van der Waals surface area contributed by atoms with E-state index in [4.69, 9.17) is 10.2 Å². The van der Waals surface area contributed by atoms with E-state index in [2.05, 4.69) is 4.74 Å². The standard InChI is InChI=1S/C5H6O5/c1-3(4(6)7)2-10-5(8)9/h2H,1H3,(H,6,7)(H,8,9). The summed E-state index contributed by atoms with van der Waals surface area (Å²) in [5, 5.41) is 16.0. The first-order valence-corrected chi connectivity index (χ1v) is 2.33. The van der Waals surface area contributed by atoms with Crippen LogP contribution in [-0.4, -0.2) is 22.3 Å². The monoisotopic (exact) mass is 146 g/mol. The number of hydrogen-bond donors (Lipinski definition) is 2. The van der Waals surface area contributed by atoms with E-state index in [0.29, 0.717) is 6.26 Å². The van der Waals surface area contributed by atoms with Gasteiger partial charge in [0.1, 0.15) is 6.26 Å². The normalized spacial score (nSPS) is 10.7. The SMILES string of the molecule is CC(=COC(=O)O)C(=O)O. The second-order valence-electron chi connectivity index (χ2n) is 1.49. The largest absolute Gasteiger partial charge is 0.510 e. The van der Waals surface area contributed by atoms with Crippen LogP contribution in [-0.2, 0) is 9.53 Å². The van der Waals surface area contributed by atoms with Crippen molar-refractivity contribution in [1.82, 2.24) is 0 Å². The Morgan fingerprint density at radius 1 is 1.40 bits per heavy atom. The molecule has 0 unspecified atom stereocenters. The van der Waals surface area contributed by atoms with Crippen molar-refractivity contribution in [3.05, 3.63) is 11.8 Å². The van der Waals surface area contributed by atoms with E-state index in [1.807, 2.05) is 0 Å². The maximum Gasteiger partial charge on any atom is 0.510 e. The summed E-state index contributed by atoms with van der Waals surface area (Å²) in [6.45, 7) is 1.23. The fraction of sp³-hybridized carbons (Fsp3) is 0.200. The van der Waals surface area contributed by atoms with Crippen molar-refractivity contribution in [3.63, 3.8) is 0 Å². The van der Waals surface area contributed by atoms with Crippen LogP contribution in [0, 0.1) is 0 Å². The third kappa shape index (κ3) is 3.48. The van der Waals surface area contributed by atoms with Crippen molar-refractivity contribution < 1.29 is 24.5 Å². The minimum atomic E-state index is -1.53. The zero-order valence-electron chi connectivity index (χ0n) is 5.20. The molecule has 56 valence electrons. The Kier molecular flexibility index (Phi) is 2.96. The highest BCUT2D eigenvalue weighted by molar-refractivity contribution is 5.85. The van der Waals surface area contributed by atoms with Crippen LogP contribution in [0.15, 0.2) is 11.8 Å². The third-order valence-electron chi connectivity index (χ3n) is 0.674. The van der Waals surface area contributed by atoms with E-state index in [-0.39, 0.29) is 5.57 Å². The molecule has 10 heavy (non-hydrogen) atoms. The van der Waals surface area contributed by atoms with Crippen LogP contribution in [0.2, 0.25) is 0 Å². The van der Waals surface area contributed by atoms with Gasteiger partial charge in [-0.3, -0.25) is 0 Å². The van der Waals surface area contributed by atoms with Crippen LogP contribution in [0.25, 0.3) is 0 Å². The molecule has 0 aromatic rings. The molecule has 0 aliphatic rings. The lowest BCUT2D eigenvalue weighted by Crippen LogP contribution is -1.99. The van der Waals surface area contributed by atoms with Crippen molar-refractivity contribution in [2.45, 2.75) is 6.92 Å². The average molecular weight is 146 g/mol. The summed E-state index contributed by atoms with van der Waals surface area (Å²) in [5.41, 5.74) is -0.164. The number of rotatable bonds is 2. The van der Waals surface area contributed by atoms with Crippen LogP contribution in [0.5, 0.6) is 0 Å². The van der Waals surface area contributed by atoms with Crippen LogP contribution < -0.4 is 0 Å². The molecule has 5 nitrogen and oxygen atoms in total. The first kappa shape index (κ1) is 8.48. The minimum Gasteiger partial charge on any atom is -0.478 e. The lowest BCUT2D eigenvalue weighted by Gasteiger charge is -1.91. The molecule has 2 N–H and O–H groups in total. The second-order valence-corrected chi connectivity index (χ2v) is 1.49. The molecule has 0 heterocycles. The van der Waals surface area contributed by atoms with Crippen molar-refractivity contribution in [1.29, 1.82) is 0 Å². The zero-order valence-corrected chi connectivity index (χ0v) is 5.20. The molecule has 0 radical (unpaired) electrons. The first-order valence-electron chi connectivity index (χ1n) is 2.33. The van der Waals surface area contributed by atoms with Gasteiger partial charge in [-0.15, -0.1) is 0 Å². The van der Waals surface area contributed by atoms with Crippen LogP contribution in [0.3, 0.4) is 0 Å². The van der Waals surface area contributed by atoms with Gasteiger partial charge in [0.25, 0.3) is 0 Å². The van der Waals surface area contributed by atoms with Gasteiger partial charge in [-0.25, -0.2) is 9.59 Å². The fourth-order valence-corrected chi connectivity index (χ4v) is 0.189. The topological polar surface area (TPSA) is 83.8 Å². The minimum absolute atomic E-state index is 0.164. The van der Waals surface area contributed by atoms with Gasteiger partial charge in [-0.05, 0) is 6.92 Å². The smallest absolute Gasteiger partial charge is 0.478 e. The summed E-state index contributed by atoms with van der Waals surface area (Å²) in [7, 11) is 0. The highest BCUT2D eigenvalue weighted by Gasteiger charge is 2.00. The molecule has 0 aromatic carbocycles. The summed E-state index contributed by atoms with van der Waals surface area (Å²) in [4.78, 5) is 19.6. The van der Waals surface area contributed by atoms with E-state index in [1.54, 1.807) is 0 Å². The van der Waals surface area contributed by atoms with Gasteiger partial charge in [0.2, 0.25) is 0 Å². The molecule has 0 spiro atoms. The third-order valence-corrected chi connectivity index (χ3v) is 0.674. The zero-order chi connectivity index (χ0) is 8.15. The quantitative estimate of drug-likeness (QED) is 0.339. The van der Waals surface area contributed by atoms with Gasteiger partial charge in [0.05, 0.1) is 5.57 Å². The Labute approximate surface area is 56.5 Å². The molecular weight excluding hydrogens is 140 g/mol. The lowest BCUT2D eigenvalue weighted by atomic mass is 10.4. The Morgan fingerprint density at radius 3 is 2.20 bits per heavy atom.